The number of carbonyl (C=O) groups excluding carboxylic acids is 1. The highest BCUT2D eigenvalue weighted by molar-refractivity contribution is 6.08. The summed E-state index contributed by atoms with van der Waals surface area (Å²) in [6, 6.07) is 20.7. The van der Waals surface area contributed by atoms with Gasteiger partial charge in [0.05, 0.1) is 5.71 Å². The summed E-state index contributed by atoms with van der Waals surface area (Å²) in [6.45, 7) is 2.26. The molecule has 2 aliphatic heterocycles. The summed E-state index contributed by atoms with van der Waals surface area (Å²) in [5.41, 5.74) is 1.22. The molecule has 7 heteroatoms. The van der Waals surface area contributed by atoms with Crippen LogP contribution in [0, 0.1) is 6.92 Å². The van der Waals surface area contributed by atoms with Gasteiger partial charge in [-0.1, -0.05) is 59.8 Å². The molecule has 0 fully saturated rings. The number of carbonyl (C=O) groups is 1. The molecule has 4 nitrogen and oxygen atoms in total. The molecular formula is C27H23F3N2O2. The second-order valence-corrected chi connectivity index (χ2v) is 8.71. The van der Waals surface area contributed by atoms with Crippen molar-refractivity contribution >= 4 is 17.3 Å². The fraction of sp³-hybridized carbons (Fsp3) is 0.259. The maximum Gasteiger partial charge on any atom is 0.435 e. The largest absolute Gasteiger partial charge is 0.435 e. The average Bonchev–Trinajstić information content (AvgIpc) is 3.30. The highest BCUT2D eigenvalue weighted by atomic mass is 19.4. The number of benzene rings is 3. The monoisotopic (exact) mass is 464 g/mol. The van der Waals surface area contributed by atoms with Crippen molar-refractivity contribution in [3.05, 3.63) is 101 Å². The number of amides is 1. The first-order chi connectivity index (χ1) is 16.3. The third-order valence-corrected chi connectivity index (χ3v) is 6.59. The Hall–Kier alpha value is -3.61. The fourth-order valence-electron chi connectivity index (χ4n) is 4.77. The van der Waals surface area contributed by atoms with Crippen LogP contribution in [0.2, 0.25) is 0 Å². The van der Waals surface area contributed by atoms with Crippen LogP contribution < -0.4 is 4.90 Å². The smallest absolute Gasteiger partial charge is 0.374 e. The number of nitrogens with zero attached hydrogens (tertiary/aromatic N) is 2. The predicted molar refractivity (Wildman–Crippen MR) is 124 cm³/mol. The second kappa shape index (κ2) is 8.31. The Labute approximate surface area is 195 Å². The molecule has 3 aromatic carbocycles. The van der Waals surface area contributed by atoms with Crippen LogP contribution in [0.3, 0.4) is 0 Å². The molecule has 1 atom stereocenters. The number of oxime groups is 1. The van der Waals surface area contributed by atoms with Crippen LogP contribution in [0.15, 0.2) is 78.0 Å². The minimum atomic E-state index is -4.65. The van der Waals surface area contributed by atoms with Crippen molar-refractivity contribution in [1.29, 1.82) is 0 Å². The molecule has 0 saturated carbocycles. The van der Waals surface area contributed by atoms with Gasteiger partial charge in [0, 0.05) is 29.8 Å². The molecular weight excluding hydrogens is 441 g/mol. The SMILES string of the molecule is Cc1ccccc1C1(C(F)(F)F)CC(c2ccc(C(=O)N3CCCc4ccccc43)cc2)=NO1. The van der Waals surface area contributed by atoms with E-state index in [1.165, 1.54) is 6.07 Å². The van der Waals surface area contributed by atoms with Crippen LogP contribution in [0.25, 0.3) is 0 Å². The van der Waals surface area contributed by atoms with Gasteiger partial charge in [0.1, 0.15) is 0 Å². The van der Waals surface area contributed by atoms with E-state index in [1.54, 1.807) is 54.3 Å². The van der Waals surface area contributed by atoms with Crippen molar-refractivity contribution < 1.29 is 22.8 Å². The van der Waals surface area contributed by atoms with E-state index in [0.717, 1.165) is 24.1 Å². The van der Waals surface area contributed by atoms with Gasteiger partial charge in [0.15, 0.2) is 0 Å². The van der Waals surface area contributed by atoms with Crippen molar-refractivity contribution in [3.63, 3.8) is 0 Å². The number of halogens is 3. The minimum absolute atomic E-state index is 0.0526. The summed E-state index contributed by atoms with van der Waals surface area (Å²) in [5, 5.41) is 3.84. The topological polar surface area (TPSA) is 41.9 Å². The molecule has 34 heavy (non-hydrogen) atoms. The van der Waals surface area contributed by atoms with E-state index in [-0.39, 0.29) is 17.2 Å². The summed E-state index contributed by atoms with van der Waals surface area (Å²) >= 11 is 0. The Bertz CT molecular complexity index is 1270. The van der Waals surface area contributed by atoms with Gasteiger partial charge in [-0.2, -0.15) is 13.2 Å². The van der Waals surface area contributed by atoms with Gasteiger partial charge in [-0.05, 0) is 54.7 Å². The molecule has 2 heterocycles. The zero-order valence-electron chi connectivity index (χ0n) is 18.6. The van der Waals surface area contributed by atoms with Crippen LogP contribution >= 0.6 is 0 Å². The molecule has 0 bridgehead atoms. The number of anilines is 1. The maximum atomic E-state index is 14.2. The Morgan fingerprint density at radius 1 is 1.00 bits per heavy atom. The molecule has 0 saturated heterocycles. The normalized spacial score (nSPS) is 19.9. The van der Waals surface area contributed by atoms with Crippen LogP contribution in [0.4, 0.5) is 18.9 Å². The van der Waals surface area contributed by atoms with Gasteiger partial charge in [0.25, 0.3) is 11.5 Å². The number of rotatable bonds is 3. The molecule has 2 aliphatic rings. The average molecular weight is 464 g/mol. The first kappa shape index (κ1) is 22.2. The van der Waals surface area contributed by atoms with Gasteiger partial charge >= 0.3 is 6.18 Å². The molecule has 174 valence electrons. The number of alkyl halides is 3. The van der Waals surface area contributed by atoms with Gasteiger partial charge in [-0.15, -0.1) is 0 Å². The summed E-state index contributed by atoms with van der Waals surface area (Å²) in [6.07, 6.45) is -3.27. The first-order valence-electron chi connectivity index (χ1n) is 11.2. The summed E-state index contributed by atoms with van der Waals surface area (Å²) in [5.74, 6) is -0.132. The molecule has 0 radical (unpaired) electrons. The van der Waals surface area contributed by atoms with Crippen molar-refractivity contribution in [1.82, 2.24) is 0 Å². The van der Waals surface area contributed by atoms with Crippen LogP contribution in [0.5, 0.6) is 0 Å². The van der Waals surface area contributed by atoms with E-state index in [9.17, 15) is 18.0 Å². The zero-order valence-corrected chi connectivity index (χ0v) is 18.6. The lowest BCUT2D eigenvalue weighted by Gasteiger charge is -2.30. The predicted octanol–water partition coefficient (Wildman–Crippen LogP) is 6.17. The number of fused-ring (bicyclic) bond motifs is 1. The van der Waals surface area contributed by atoms with Crippen molar-refractivity contribution in [2.75, 3.05) is 11.4 Å². The van der Waals surface area contributed by atoms with Gasteiger partial charge < -0.3 is 9.74 Å². The molecule has 0 N–H and O–H groups in total. The second-order valence-electron chi connectivity index (χ2n) is 8.71. The Kier molecular flexibility index (Phi) is 5.42. The highest BCUT2D eigenvalue weighted by Crippen LogP contribution is 2.49. The maximum absolute atomic E-state index is 14.2. The number of hydrogen-bond donors (Lipinski definition) is 0. The van der Waals surface area contributed by atoms with Crippen molar-refractivity contribution in [2.45, 2.75) is 38.0 Å². The Morgan fingerprint density at radius 3 is 2.44 bits per heavy atom. The minimum Gasteiger partial charge on any atom is -0.374 e. The molecule has 1 amide bonds. The molecule has 0 aromatic heterocycles. The van der Waals surface area contributed by atoms with E-state index >= 15 is 0 Å². The molecule has 0 aliphatic carbocycles. The number of aryl methyl sites for hydroxylation is 2. The van der Waals surface area contributed by atoms with Gasteiger partial charge in [-0.25, -0.2) is 0 Å². The summed E-state index contributed by atoms with van der Waals surface area (Å²) in [4.78, 5) is 20.1. The van der Waals surface area contributed by atoms with E-state index in [4.69, 9.17) is 4.84 Å². The number of hydrogen-bond acceptors (Lipinski definition) is 3. The lowest BCUT2D eigenvalue weighted by atomic mass is 9.84. The van der Waals surface area contributed by atoms with Crippen LogP contribution in [-0.4, -0.2) is 24.3 Å². The van der Waals surface area contributed by atoms with Crippen LogP contribution in [-0.2, 0) is 16.9 Å². The molecule has 3 aromatic rings. The van der Waals surface area contributed by atoms with E-state index in [1.807, 2.05) is 24.3 Å². The third kappa shape index (κ3) is 3.65. The molecule has 1 unspecified atom stereocenters. The summed E-state index contributed by atoms with van der Waals surface area (Å²) < 4.78 is 42.7. The van der Waals surface area contributed by atoms with Crippen molar-refractivity contribution in [3.8, 4) is 0 Å². The summed E-state index contributed by atoms with van der Waals surface area (Å²) in [7, 11) is 0. The van der Waals surface area contributed by atoms with Crippen LogP contribution in [0.1, 0.15) is 45.5 Å². The van der Waals surface area contributed by atoms with E-state index < -0.39 is 18.2 Å². The van der Waals surface area contributed by atoms with E-state index in [2.05, 4.69) is 5.16 Å². The first-order valence-corrected chi connectivity index (χ1v) is 11.2. The van der Waals surface area contributed by atoms with E-state index in [0.29, 0.717) is 23.2 Å². The lowest BCUT2D eigenvalue weighted by molar-refractivity contribution is -0.276. The lowest BCUT2D eigenvalue weighted by Crippen LogP contribution is -2.43. The quantitative estimate of drug-likeness (QED) is 0.465. The number of para-hydroxylation sites is 1. The van der Waals surface area contributed by atoms with Crippen molar-refractivity contribution in [2.24, 2.45) is 5.16 Å². The molecule has 5 rings (SSSR count). The van der Waals surface area contributed by atoms with Gasteiger partial charge in [-0.3, -0.25) is 4.79 Å². The Balaban J connectivity index is 1.40. The standard InChI is InChI=1S/C27H23F3N2O2/c1-18-7-2-4-10-22(18)26(27(28,29)30)17-23(31-34-26)19-12-14-21(15-13-19)25(33)32-16-6-9-20-8-3-5-11-24(20)32/h2-5,7-8,10-15H,6,9,16-17H2,1H3. The highest BCUT2D eigenvalue weighted by Gasteiger charge is 2.62. The fourth-order valence-corrected chi connectivity index (χ4v) is 4.77. The zero-order chi connectivity index (χ0) is 23.9. The van der Waals surface area contributed by atoms with Gasteiger partial charge in [0.2, 0.25) is 0 Å². The third-order valence-electron chi connectivity index (χ3n) is 6.59. The molecule has 0 spiro atoms. The Morgan fingerprint density at radius 2 is 1.71 bits per heavy atom.